The first-order valence-electron chi connectivity index (χ1n) is 12.3. The van der Waals surface area contributed by atoms with Crippen LogP contribution in [0.5, 0.6) is 11.5 Å². The molecule has 1 heterocycles. The second kappa shape index (κ2) is 12.5. The maximum Gasteiger partial charge on any atom is 0.326 e. The lowest BCUT2D eigenvalue weighted by Gasteiger charge is -2.21. The van der Waals surface area contributed by atoms with Gasteiger partial charge >= 0.3 is 10.2 Å². The molecule has 0 radical (unpaired) electrons. The van der Waals surface area contributed by atoms with Gasteiger partial charge in [0, 0.05) is 20.1 Å². The van der Waals surface area contributed by atoms with Crippen LogP contribution < -0.4 is 29.1 Å². The minimum atomic E-state index is -4.25. The molecule has 3 aromatic carbocycles. The lowest BCUT2D eigenvalue weighted by atomic mass is 10.1. The standard InChI is InChI=1S/C27H30FN5O5S/c1-3-37-22-11-9-20(10-12-22)18-38-24-14-21(13-23(28)26(24)33-17-25(34)32-39(33,35)36)16-31-27(29-2)30-15-19-7-5-4-6-8-19/h4-14H,3,15-18H2,1-2H3,(H,32,34)(H2,29,30,31). The summed E-state index contributed by atoms with van der Waals surface area (Å²) < 4.78 is 54.4. The van der Waals surface area contributed by atoms with Crippen molar-refractivity contribution >= 4 is 27.8 Å². The number of aliphatic imine (C=N–C) groups is 1. The number of carbonyl (C=O) groups is 1. The topological polar surface area (TPSA) is 121 Å². The van der Waals surface area contributed by atoms with Crippen LogP contribution in [0.25, 0.3) is 0 Å². The molecule has 0 unspecified atom stereocenters. The van der Waals surface area contributed by atoms with E-state index in [1.54, 1.807) is 37.4 Å². The third-order valence-electron chi connectivity index (χ3n) is 5.77. The number of nitrogens with one attached hydrogen (secondary N) is 3. The Morgan fingerprint density at radius 1 is 1.00 bits per heavy atom. The molecule has 1 saturated heterocycles. The number of guanidine groups is 1. The maximum absolute atomic E-state index is 15.5. The first-order valence-corrected chi connectivity index (χ1v) is 13.7. The summed E-state index contributed by atoms with van der Waals surface area (Å²) in [7, 11) is -2.63. The van der Waals surface area contributed by atoms with Crippen molar-refractivity contribution < 1.29 is 27.1 Å². The third-order valence-corrected chi connectivity index (χ3v) is 7.15. The van der Waals surface area contributed by atoms with E-state index in [1.165, 1.54) is 6.07 Å². The molecule has 1 amide bonds. The molecule has 1 aliphatic rings. The predicted molar refractivity (Wildman–Crippen MR) is 146 cm³/mol. The zero-order chi connectivity index (χ0) is 27.8. The van der Waals surface area contributed by atoms with Gasteiger partial charge in [0.25, 0.3) is 5.91 Å². The summed E-state index contributed by atoms with van der Waals surface area (Å²) in [6.45, 7) is 2.61. The highest BCUT2D eigenvalue weighted by Crippen LogP contribution is 2.36. The average Bonchev–Trinajstić information content (AvgIpc) is 3.20. The minimum absolute atomic E-state index is 0.0204. The summed E-state index contributed by atoms with van der Waals surface area (Å²) in [5.41, 5.74) is 1.97. The molecule has 39 heavy (non-hydrogen) atoms. The van der Waals surface area contributed by atoms with Crippen molar-refractivity contribution in [3.05, 3.63) is 89.2 Å². The SMILES string of the molecule is CCOc1ccc(COc2cc(CNC(=NC)NCc3ccccc3)cc(F)c2N2CC(=O)NS2(=O)=O)cc1. The Bertz CT molecular complexity index is 1430. The van der Waals surface area contributed by atoms with Gasteiger partial charge in [0.1, 0.15) is 30.3 Å². The van der Waals surface area contributed by atoms with Crippen molar-refractivity contribution in [2.24, 2.45) is 4.99 Å². The average molecular weight is 556 g/mol. The van der Waals surface area contributed by atoms with E-state index in [1.807, 2.05) is 42.0 Å². The second-order valence-corrected chi connectivity index (χ2v) is 10.2. The smallest absolute Gasteiger partial charge is 0.326 e. The molecule has 0 aromatic heterocycles. The molecule has 10 nitrogen and oxygen atoms in total. The molecule has 3 N–H and O–H groups in total. The molecule has 4 rings (SSSR count). The molecular formula is C27H30FN5O5S. The highest BCUT2D eigenvalue weighted by Gasteiger charge is 2.37. The summed E-state index contributed by atoms with van der Waals surface area (Å²) in [5, 5.41) is 6.31. The van der Waals surface area contributed by atoms with Crippen LogP contribution in [-0.2, 0) is 34.7 Å². The summed E-state index contributed by atoms with van der Waals surface area (Å²) in [4.78, 5) is 16.0. The van der Waals surface area contributed by atoms with Crippen molar-refractivity contribution in [2.75, 3.05) is 24.5 Å². The van der Waals surface area contributed by atoms with Crippen LogP contribution in [0.2, 0.25) is 0 Å². The lowest BCUT2D eigenvalue weighted by Crippen LogP contribution is -2.36. The maximum atomic E-state index is 15.5. The molecule has 0 saturated carbocycles. The number of halogens is 1. The first kappa shape index (κ1) is 27.7. The fourth-order valence-electron chi connectivity index (χ4n) is 3.92. The van der Waals surface area contributed by atoms with Crippen LogP contribution in [0.15, 0.2) is 71.7 Å². The van der Waals surface area contributed by atoms with Crippen LogP contribution in [0.3, 0.4) is 0 Å². The highest BCUT2D eigenvalue weighted by atomic mass is 32.2. The summed E-state index contributed by atoms with van der Waals surface area (Å²) in [6.07, 6.45) is 0. The monoisotopic (exact) mass is 555 g/mol. The van der Waals surface area contributed by atoms with Gasteiger partial charge in [0.15, 0.2) is 11.8 Å². The fraction of sp³-hybridized carbons (Fsp3) is 0.259. The zero-order valence-electron chi connectivity index (χ0n) is 21.6. The largest absolute Gasteiger partial charge is 0.494 e. The molecule has 1 aliphatic heterocycles. The van der Waals surface area contributed by atoms with Crippen LogP contribution in [0.1, 0.15) is 23.6 Å². The second-order valence-electron chi connectivity index (χ2n) is 8.59. The van der Waals surface area contributed by atoms with Crippen molar-refractivity contribution in [2.45, 2.75) is 26.6 Å². The van der Waals surface area contributed by atoms with E-state index in [0.717, 1.165) is 11.1 Å². The van der Waals surface area contributed by atoms with Crippen LogP contribution in [-0.4, -0.2) is 40.5 Å². The Hall–Kier alpha value is -4.32. The van der Waals surface area contributed by atoms with E-state index < -0.39 is 28.5 Å². The van der Waals surface area contributed by atoms with Gasteiger partial charge in [-0.3, -0.25) is 9.79 Å². The van der Waals surface area contributed by atoms with Crippen LogP contribution in [0, 0.1) is 5.82 Å². The van der Waals surface area contributed by atoms with Crippen molar-refractivity contribution in [1.82, 2.24) is 15.4 Å². The van der Waals surface area contributed by atoms with Gasteiger partial charge in [0.2, 0.25) is 0 Å². The highest BCUT2D eigenvalue weighted by molar-refractivity contribution is 7.92. The number of hydrogen-bond acceptors (Lipinski definition) is 6. The summed E-state index contributed by atoms with van der Waals surface area (Å²) in [6, 6.07) is 19.7. The number of benzene rings is 3. The Morgan fingerprint density at radius 2 is 1.69 bits per heavy atom. The Labute approximate surface area is 227 Å². The number of nitrogens with zero attached hydrogens (tertiary/aromatic N) is 2. The lowest BCUT2D eigenvalue weighted by molar-refractivity contribution is -0.117. The molecule has 1 fully saturated rings. The number of anilines is 1. The van der Waals surface area contributed by atoms with Gasteiger partial charge in [-0.2, -0.15) is 8.42 Å². The van der Waals surface area contributed by atoms with E-state index in [0.29, 0.717) is 34.7 Å². The van der Waals surface area contributed by atoms with Crippen molar-refractivity contribution in [1.29, 1.82) is 0 Å². The van der Waals surface area contributed by atoms with E-state index >= 15 is 4.39 Å². The molecule has 12 heteroatoms. The van der Waals surface area contributed by atoms with E-state index in [4.69, 9.17) is 9.47 Å². The Morgan fingerprint density at radius 3 is 2.31 bits per heavy atom. The normalized spacial score (nSPS) is 14.6. The van der Waals surface area contributed by atoms with Gasteiger partial charge in [-0.15, -0.1) is 0 Å². The third kappa shape index (κ3) is 7.17. The van der Waals surface area contributed by atoms with E-state index in [2.05, 4.69) is 15.6 Å². The number of hydrogen-bond donors (Lipinski definition) is 3. The number of carbonyl (C=O) groups excluding carboxylic acids is 1. The van der Waals surface area contributed by atoms with Gasteiger partial charge in [-0.1, -0.05) is 42.5 Å². The first-order chi connectivity index (χ1) is 18.8. The van der Waals surface area contributed by atoms with E-state index in [9.17, 15) is 13.2 Å². The number of ether oxygens (including phenoxy) is 2. The van der Waals surface area contributed by atoms with Gasteiger partial charge in [0.05, 0.1) is 6.61 Å². The molecule has 0 aliphatic carbocycles. The van der Waals surface area contributed by atoms with Crippen LogP contribution in [0.4, 0.5) is 10.1 Å². The quantitative estimate of drug-likeness (QED) is 0.260. The Balaban J connectivity index is 1.54. The molecule has 0 atom stereocenters. The molecule has 3 aromatic rings. The molecule has 0 spiro atoms. The number of rotatable bonds is 10. The Kier molecular flexibility index (Phi) is 8.87. The predicted octanol–water partition coefficient (Wildman–Crippen LogP) is 2.85. The van der Waals surface area contributed by atoms with Crippen LogP contribution >= 0.6 is 0 Å². The molecular weight excluding hydrogens is 525 g/mol. The van der Waals surface area contributed by atoms with E-state index in [-0.39, 0.29) is 24.6 Å². The van der Waals surface area contributed by atoms with Crippen molar-refractivity contribution in [3.8, 4) is 11.5 Å². The summed E-state index contributed by atoms with van der Waals surface area (Å²) in [5.74, 6) is -0.428. The zero-order valence-corrected chi connectivity index (χ0v) is 22.4. The molecule has 206 valence electrons. The van der Waals surface area contributed by atoms with Gasteiger partial charge in [-0.05, 0) is 47.9 Å². The fourth-order valence-corrected chi connectivity index (χ4v) is 5.09. The minimum Gasteiger partial charge on any atom is -0.494 e. The van der Waals surface area contributed by atoms with Crippen molar-refractivity contribution in [3.63, 3.8) is 0 Å². The van der Waals surface area contributed by atoms with Gasteiger partial charge < -0.3 is 20.1 Å². The summed E-state index contributed by atoms with van der Waals surface area (Å²) >= 11 is 0. The van der Waals surface area contributed by atoms with Gasteiger partial charge in [-0.25, -0.2) is 13.4 Å². The number of amides is 1. The molecule has 0 bridgehead atoms.